The molecule has 4 heteroatoms. The lowest BCUT2D eigenvalue weighted by atomic mass is 9.91. The Balaban J connectivity index is 2.05. The molecule has 94 valence electrons. The van der Waals surface area contributed by atoms with Crippen molar-refractivity contribution in [1.29, 1.82) is 5.41 Å². The molecule has 0 fully saturated rings. The quantitative estimate of drug-likeness (QED) is 0.818. The van der Waals surface area contributed by atoms with Crippen molar-refractivity contribution in [3.63, 3.8) is 0 Å². The molecule has 19 heavy (non-hydrogen) atoms. The minimum atomic E-state index is -0.532. The van der Waals surface area contributed by atoms with Crippen LogP contribution in [0.4, 0.5) is 5.69 Å². The molecule has 1 heterocycles. The zero-order valence-corrected chi connectivity index (χ0v) is 11.6. The maximum atomic E-state index is 12.1. The van der Waals surface area contributed by atoms with Crippen molar-refractivity contribution in [2.75, 3.05) is 5.32 Å². The number of amides is 1. The topological polar surface area (TPSA) is 53.0 Å². The maximum Gasteiger partial charge on any atom is 0.238 e. The molecule has 1 aliphatic heterocycles. The van der Waals surface area contributed by atoms with Gasteiger partial charge in [0.15, 0.2) is 0 Å². The van der Waals surface area contributed by atoms with E-state index in [4.69, 9.17) is 5.41 Å². The summed E-state index contributed by atoms with van der Waals surface area (Å²) in [5.74, 6) is -0.670. The van der Waals surface area contributed by atoms with Gasteiger partial charge in [0.25, 0.3) is 0 Å². The number of carbonyl (C=O) groups excluding carboxylic acids is 1. The SMILES string of the molecule is N=C(c1ccccc1)C1C(=O)Nc2ccc(Br)cc21. The highest BCUT2D eigenvalue weighted by Crippen LogP contribution is 2.36. The molecule has 0 saturated heterocycles. The highest BCUT2D eigenvalue weighted by Gasteiger charge is 2.34. The number of fused-ring (bicyclic) bond motifs is 1. The second-order valence-corrected chi connectivity index (χ2v) is 5.35. The molecular weight excluding hydrogens is 304 g/mol. The molecule has 3 nitrogen and oxygen atoms in total. The number of nitrogens with one attached hydrogen (secondary N) is 2. The lowest BCUT2D eigenvalue weighted by Gasteiger charge is -2.11. The Morgan fingerprint density at radius 1 is 1.16 bits per heavy atom. The largest absolute Gasteiger partial charge is 0.325 e. The number of anilines is 1. The molecule has 0 bridgehead atoms. The summed E-state index contributed by atoms with van der Waals surface area (Å²) in [7, 11) is 0. The van der Waals surface area contributed by atoms with Crippen LogP contribution in [-0.4, -0.2) is 11.6 Å². The van der Waals surface area contributed by atoms with Crippen molar-refractivity contribution in [2.24, 2.45) is 0 Å². The molecule has 2 aromatic rings. The Morgan fingerprint density at radius 3 is 2.63 bits per heavy atom. The van der Waals surface area contributed by atoms with Gasteiger partial charge in [-0.3, -0.25) is 4.79 Å². The average Bonchev–Trinajstić information content (AvgIpc) is 2.74. The van der Waals surface area contributed by atoms with E-state index in [0.717, 1.165) is 21.3 Å². The van der Waals surface area contributed by atoms with E-state index in [9.17, 15) is 4.79 Å². The molecule has 1 atom stereocenters. The standard InChI is InChI=1S/C15H11BrN2O/c16-10-6-7-12-11(8-10)13(15(19)18-12)14(17)9-4-2-1-3-5-9/h1-8,13,17H,(H,18,19). The minimum Gasteiger partial charge on any atom is -0.325 e. The minimum absolute atomic E-state index is 0.137. The zero-order valence-electron chi connectivity index (χ0n) is 9.98. The van der Waals surface area contributed by atoms with Gasteiger partial charge in [0.1, 0.15) is 5.92 Å². The van der Waals surface area contributed by atoms with Gasteiger partial charge >= 0.3 is 0 Å². The molecule has 1 amide bonds. The summed E-state index contributed by atoms with van der Waals surface area (Å²) in [4.78, 5) is 12.1. The smallest absolute Gasteiger partial charge is 0.238 e. The Morgan fingerprint density at radius 2 is 1.89 bits per heavy atom. The molecule has 0 spiro atoms. The first-order valence-electron chi connectivity index (χ1n) is 5.91. The van der Waals surface area contributed by atoms with Gasteiger partial charge in [-0.25, -0.2) is 0 Å². The van der Waals surface area contributed by atoms with Crippen LogP contribution in [0.25, 0.3) is 0 Å². The third-order valence-corrected chi connectivity index (χ3v) is 3.71. The lowest BCUT2D eigenvalue weighted by molar-refractivity contribution is -0.115. The second-order valence-electron chi connectivity index (χ2n) is 4.43. The van der Waals surface area contributed by atoms with Crippen LogP contribution in [0.3, 0.4) is 0 Å². The fraction of sp³-hybridized carbons (Fsp3) is 0.0667. The van der Waals surface area contributed by atoms with Gasteiger partial charge in [0.2, 0.25) is 5.91 Å². The number of hydrogen-bond acceptors (Lipinski definition) is 2. The number of rotatable bonds is 2. The molecule has 3 rings (SSSR count). The predicted octanol–water partition coefficient (Wildman–Crippen LogP) is 3.55. The predicted molar refractivity (Wildman–Crippen MR) is 78.8 cm³/mol. The van der Waals surface area contributed by atoms with Crippen LogP contribution in [0.15, 0.2) is 53.0 Å². The highest BCUT2D eigenvalue weighted by atomic mass is 79.9. The number of benzene rings is 2. The van der Waals surface area contributed by atoms with Crippen LogP contribution in [0.5, 0.6) is 0 Å². The zero-order chi connectivity index (χ0) is 13.4. The van der Waals surface area contributed by atoms with E-state index in [0.29, 0.717) is 5.71 Å². The fourth-order valence-electron chi connectivity index (χ4n) is 2.30. The van der Waals surface area contributed by atoms with Crippen LogP contribution in [0.2, 0.25) is 0 Å². The van der Waals surface area contributed by atoms with Gasteiger partial charge in [0.05, 0.1) is 5.71 Å². The maximum absolute atomic E-state index is 12.1. The van der Waals surface area contributed by atoms with Crippen LogP contribution < -0.4 is 5.32 Å². The summed E-state index contributed by atoms with van der Waals surface area (Å²) in [6.45, 7) is 0. The van der Waals surface area contributed by atoms with Crippen LogP contribution in [0.1, 0.15) is 17.0 Å². The number of hydrogen-bond donors (Lipinski definition) is 2. The van der Waals surface area contributed by atoms with E-state index in [1.807, 2.05) is 48.5 Å². The van der Waals surface area contributed by atoms with Gasteiger partial charge in [-0.2, -0.15) is 0 Å². The van der Waals surface area contributed by atoms with Gasteiger partial charge in [0, 0.05) is 10.2 Å². The van der Waals surface area contributed by atoms with E-state index in [2.05, 4.69) is 21.2 Å². The molecule has 0 aromatic heterocycles. The van der Waals surface area contributed by atoms with E-state index in [1.165, 1.54) is 0 Å². The van der Waals surface area contributed by atoms with E-state index in [-0.39, 0.29) is 5.91 Å². The number of carbonyl (C=O) groups is 1. The molecule has 1 aliphatic rings. The van der Waals surface area contributed by atoms with E-state index >= 15 is 0 Å². The first kappa shape index (κ1) is 12.1. The Bertz CT molecular complexity index is 667. The van der Waals surface area contributed by atoms with Crippen molar-refractivity contribution in [3.05, 3.63) is 64.1 Å². The molecule has 1 unspecified atom stereocenters. The molecule has 2 N–H and O–H groups in total. The number of halogens is 1. The van der Waals surface area contributed by atoms with Crippen molar-refractivity contribution >= 4 is 33.2 Å². The Kier molecular flexibility index (Phi) is 2.95. The van der Waals surface area contributed by atoms with Gasteiger partial charge in [-0.05, 0) is 29.3 Å². The third-order valence-electron chi connectivity index (χ3n) is 3.22. The summed E-state index contributed by atoms with van der Waals surface area (Å²) in [5, 5.41) is 11.1. The average molecular weight is 315 g/mol. The molecule has 0 saturated carbocycles. The third kappa shape index (κ3) is 2.08. The summed E-state index contributed by atoms with van der Waals surface area (Å²) in [5.41, 5.74) is 2.75. The molecule has 2 aromatic carbocycles. The summed E-state index contributed by atoms with van der Waals surface area (Å²) >= 11 is 3.41. The van der Waals surface area contributed by atoms with Gasteiger partial charge in [-0.15, -0.1) is 0 Å². The summed E-state index contributed by atoms with van der Waals surface area (Å²) in [6.07, 6.45) is 0. The van der Waals surface area contributed by atoms with Crippen molar-refractivity contribution in [2.45, 2.75) is 5.92 Å². The van der Waals surface area contributed by atoms with Gasteiger partial charge < -0.3 is 10.7 Å². The van der Waals surface area contributed by atoms with Crippen LogP contribution in [-0.2, 0) is 4.79 Å². The monoisotopic (exact) mass is 314 g/mol. The summed E-state index contributed by atoms with van der Waals surface area (Å²) in [6, 6.07) is 15.0. The van der Waals surface area contributed by atoms with Crippen molar-refractivity contribution < 1.29 is 4.79 Å². The van der Waals surface area contributed by atoms with Crippen molar-refractivity contribution in [3.8, 4) is 0 Å². The molecular formula is C15H11BrN2O. The van der Waals surface area contributed by atoms with Gasteiger partial charge in [-0.1, -0.05) is 46.3 Å². The van der Waals surface area contributed by atoms with Crippen molar-refractivity contribution in [1.82, 2.24) is 0 Å². The molecule has 0 radical (unpaired) electrons. The first-order valence-corrected chi connectivity index (χ1v) is 6.70. The summed E-state index contributed by atoms with van der Waals surface area (Å²) < 4.78 is 0.911. The fourth-order valence-corrected chi connectivity index (χ4v) is 2.68. The second kappa shape index (κ2) is 4.63. The Hall–Kier alpha value is -1.94. The first-order chi connectivity index (χ1) is 9.16. The lowest BCUT2D eigenvalue weighted by Crippen LogP contribution is -2.21. The van der Waals surface area contributed by atoms with E-state index < -0.39 is 5.92 Å². The highest BCUT2D eigenvalue weighted by molar-refractivity contribution is 9.10. The van der Waals surface area contributed by atoms with Crippen LogP contribution >= 0.6 is 15.9 Å². The van der Waals surface area contributed by atoms with Crippen LogP contribution in [0, 0.1) is 5.41 Å². The Labute approximate surface area is 119 Å². The normalized spacial score (nSPS) is 16.9. The molecule has 0 aliphatic carbocycles. The van der Waals surface area contributed by atoms with E-state index in [1.54, 1.807) is 0 Å².